The first kappa shape index (κ1) is 21.5. The van der Waals surface area contributed by atoms with Crippen LogP contribution in [0.3, 0.4) is 0 Å². The molecule has 3 aromatic heterocycles. The van der Waals surface area contributed by atoms with E-state index in [0.29, 0.717) is 54.0 Å². The first-order valence-corrected chi connectivity index (χ1v) is 10.8. The summed E-state index contributed by atoms with van der Waals surface area (Å²) < 4.78 is 38.2. The molecule has 0 radical (unpaired) electrons. The molecule has 1 aliphatic carbocycles. The van der Waals surface area contributed by atoms with Gasteiger partial charge in [-0.25, -0.2) is 9.97 Å². The minimum absolute atomic E-state index is 0.0499. The predicted molar refractivity (Wildman–Crippen MR) is 110 cm³/mol. The summed E-state index contributed by atoms with van der Waals surface area (Å²) in [5.74, 6) is 0.905. The molecule has 3 atom stereocenters. The number of alkyl halides is 3. The van der Waals surface area contributed by atoms with Gasteiger partial charge in [-0.3, -0.25) is 9.78 Å². The quantitative estimate of drug-likeness (QED) is 0.584. The molecule has 1 aliphatic heterocycles. The first-order chi connectivity index (χ1) is 15.8. The van der Waals surface area contributed by atoms with Gasteiger partial charge in [-0.1, -0.05) is 0 Å². The van der Waals surface area contributed by atoms with E-state index in [4.69, 9.17) is 0 Å². The van der Waals surface area contributed by atoms with Crippen LogP contribution in [0.5, 0.6) is 0 Å². The first-order valence-electron chi connectivity index (χ1n) is 10.8. The van der Waals surface area contributed by atoms with Gasteiger partial charge < -0.3 is 4.90 Å². The average Bonchev–Trinajstić information content (AvgIpc) is 3.34. The van der Waals surface area contributed by atoms with E-state index in [9.17, 15) is 18.0 Å². The maximum atomic E-state index is 13.7. The molecule has 1 saturated carbocycles. The fraction of sp³-hybridized carbons (Fsp3) is 0.455. The maximum Gasteiger partial charge on any atom is 0.434 e. The molecular weight excluding hydrogens is 435 g/mol. The zero-order valence-corrected chi connectivity index (χ0v) is 17.9. The number of aromatic nitrogens is 6. The van der Waals surface area contributed by atoms with Gasteiger partial charge >= 0.3 is 6.18 Å². The Morgan fingerprint density at radius 2 is 1.88 bits per heavy atom. The van der Waals surface area contributed by atoms with Crippen LogP contribution < -0.4 is 0 Å². The fourth-order valence-corrected chi connectivity index (χ4v) is 4.51. The van der Waals surface area contributed by atoms with E-state index in [1.165, 1.54) is 23.4 Å². The summed E-state index contributed by atoms with van der Waals surface area (Å²) in [5.41, 5.74) is 0.993. The highest BCUT2D eigenvalue weighted by Crippen LogP contribution is 2.48. The Morgan fingerprint density at radius 3 is 2.58 bits per heavy atom. The largest absolute Gasteiger partial charge is 0.434 e. The molecule has 4 heterocycles. The summed E-state index contributed by atoms with van der Waals surface area (Å²) in [5, 5.41) is 8.29. The molecule has 172 valence electrons. The number of amides is 1. The third kappa shape index (κ3) is 4.44. The molecule has 1 amide bonds. The second-order valence-electron chi connectivity index (χ2n) is 8.67. The molecule has 1 saturated heterocycles. The number of halogens is 3. The summed E-state index contributed by atoms with van der Waals surface area (Å²) in [4.78, 5) is 28.8. The number of likely N-dealkylation sites (tertiary alicyclic amines) is 1. The lowest BCUT2D eigenvalue weighted by atomic mass is 9.96. The molecule has 2 aliphatic rings. The highest BCUT2D eigenvalue weighted by molar-refractivity contribution is 5.96. The van der Waals surface area contributed by atoms with Crippen molar-refractivity contribution in [3.05, 3.63) is 59.7 Å². The van der Waals surface area contributed by atoms with Crippen molar-refractivity contribution in [3.8, 4) is 5.69 Å². The lowest BCUT2D eigenvalue weighted by Gasteiger charge is -2.35. The molecule has 2 fully saturated rings. The Morgan fingerprint density at radius 1 is 1.09 bits per heavy atom. The predicted octanol–water partition coefficient (Wildman–Crippen LogP) is 3.26. The standard InChI is InChI=1S/C22H22F3N7O/c1-13-2-5-18(32-28-6-7-29-32)20(30-13)21(33)31-12-15-8-14(15)9-17(31)4-3-16-10-27-19(11-26-16)22(23,24)25/h2,5-7,10-11,14-15,17H,3-4,8-9,12H2,1H3/t14-,15+,17-/m1/s1. The summed E-state index contributed by atoms with van der Waals surface area (Å²) in [6, 6.07) is 3.54. The number of aryl methyl sites for hydroxylation is 2. The number of carbonyl (C=O) groups excluding carboxylic acids is 1. The van der Waals surface area contributed by atoms with E-state index < -0.39 is 11.9 Å². The van der Waals surface area contributed by atoms with Crippen LogP contribution in [0.15, 0.2) is 36.9 Å². The van der Waals surface area contributed by atoms with Gasteiger partial charge in [0, 0.05) is 24.5 Å². The SMILES string of the molecule is Cc1ccc(-n2nccn2)c(C(=O)N2C[C@@H]3C[C@@H]3C[C@H]2CCc2cnc(C(F)(F)F)cn2)n1. The molecule has 5 rings (SSSR count). The van der Waals surface area contributed by atoms with Gasteiger partial charge in [-0.05, 0) is 56.6 Å². The zero-order valence-electron chi connectivity index (χ0n) is 17.9. The van der Waals surface area contributed by atoms with Crippen molar-refractivity contribution < 1.29 is 18.0 Å². The average molecular weight is 457 g/mol. The topological polar surface area (TPSA) is 89.7 Å². The molecule has 0 bridgehead atoms. The number of hydrogen-bond acceptors (Lipinski definition) is 6. The summed E-state index contributed by atoms with van der Waals surface area (Å²) in [6.45, 7) is 2.47. The molecule has 0 spiro atoms. The Labute approximate surface area is 187 Å². The minimum Gasteiger partial charge on any atom is -0.334 e. The molecule has 0 aromatic carbocycles. The number of hydrogen-bond donors (Lipinski definition) is 0. The van der Waals surface area contributed by atoms with Crippen LogP contribution in [0, 0.1) is 18.8 Å². The van der Waals surface area contributed by atoms with E-state index in [-0.39, 0.29) is 11.9 Å². The maximum absolute atomic E-state index is 13.7. The van der Waals surface area contributed by atoms with Crippen LogP contribution in [0.4, 0.5) is 13.2 Å². The summed E-state index contributed by atoms with van der Waals surface area (Å²) in [7, 11) is 0. The normalized spacial score (nSPS) is 22.2. The van der Waals surface area contributed by atoms with E-state index in [0.717, 1.165) is 19.0 Å². The van der Waals surface area contributed by atoms with Crippen molar-refractivity contribution in [2.75, 3.05) is 6.54 Å². The van der Waals surface area contributed by atoms with Gasteiger partial charge in [0.2, 0.25) is 0 Å². The lowest BCUT2D eigenvalue weighted by Crippen LogP contribution is -2.45. The molecule has 8 nitrogen and oxygen atoms in total. The third-order valence-corrected chi connectivity index (χ3v) is 6.36. The molecular formula is C22H22F3N7O. The Hall–Kier alpha value is -3.37. The van der Waals surface area contributed by atoms with Crippen LogP contribution >= 0.6 is 0 Å². The van der Waals surface area contributed by atoms with E-state index in [1.54, 1.807) is 6.07 Å². The molecule has 11 heteroatoms. The van der Waals surface area contributed by atoms with Crippen LogP contribution in [0.25, 0.3) is 5.69 Å². The van der Waals surface area contributed by atoms with Crippen LogP contribution in [-0.4, -0.2) is 53.3 Å². The van der Waals surface area contributed by atoms with Gasteiger partial charge in [-0.2, -0.15) is 23.4 Å². The second kappa shape index (κ2) is 8.20. The van der Waals surface area contributed by atoms with E-state index in [1.807, 2.05) is 17.9 Å². The summed E-state index contributed by atoms with van der Waals surface area (Å²) >= 11 is 0. The zero-order chi connectivity index (χ0) is 23.2. The van der Waals surface area contributed by atoms with Gasteiger partial charge in [0.05, 0.1) is 24.3 Å². The van der Waals surface area contributed by atoms with Gasteiger partial charge in [-0.15, -0.1) is 4.80 Å². The van der Waals surface area contributed by atoms with Crippen molar-refractivity contribution in [1.82, 2.24) is 34.8 Å². The van der Waals surface area contributed by atoms with Crippen LogP contribution in [0.1, 0.15) is 46.8 Å². The highest BCUT2D eigenvalue weighted by atomic mass is 19.4. The minimum atomic E-state index is -4.51. The molecule has 0 unspecified atom stereocenters. The second-order valence-corrected chi connectivity index (χ2v) is 8.67. The third-order valence-electron chi connectivity index (χ3n) is 6.36. The van der Waals surface area contributed by atoms with Crippen LogP contribution in [0.2, 0.25) is 0 Å². The highest BCUT2D eigenvalue weighted by Gasteiger charge is 2.47. The number of rotatable bonds is 5. The number of fused-ring (bicyclic) bond motifs is 1. The van der Waals surface area contributed by atoms with E-state index in [2.05, 4.69) is 25.1 Å². The van der Waals surface area contributed by atoms with Crippen molar-refractivity contribution in [2.45, 2.75) is 44.8 Å². The monoisotopic (exact) mass is 457 g/mol. The van der Waals surface area contributed by atoms with Gasteiger partial charge in [0.1, 0.15) is 5.69 Å². The Bertz CT molecular complexity index is 1150. The van der Waals surface area contributed by atoms with Crippen LogP contribution in [-0.2, 0) is 12.6 Å². The number of carbonyl (C=O) groups is 1. The Balaban J connectivity index is 1.36. The van der Waals surface area contributed by atoms with Crippen molar-refractivity contribution in [1.29, 1.82) is 0 Å². The molecule has 0 N–H and O–H groups in total. The number of pyridine rings is 1. The van der Waals surface area contributed by atoms with Crippen molar-refractivity contribution in [2.24, 2.45) is 11.8 Å². The van der Waals surface area contributed by atoms with E-state index >= 15 is 0 Å². The fourth-order valence-electron chi connectivity index (χ4n) is 4.51. The molecule has 33 heavy (non-hydrogen) atoms. The summed E-state index contributed by atoms with van der Waals surface area (Å²) in [6.07, 6.45) is 3.48. The van der Waals surface area contributed by atoms with Crippen molar-refractivity contribution >= 4 is 5.91 Å². The lowest BCUT2D eigenvalue weighted by molar-refractivity contribution is -0.141. The van der Waals surface area contributed by atoms with Crippen molar-refractivity contribution in [3.63, 3.8) is 0 Å². The van der Waals surface area contributed by atoms with Gasteiger partial charge in [0.25, 0.3) is 5.91 Å². The molecule has 3 aromatic rings. The number of nitrogens with zero attached hydrogens (tertiary/aromatic N) is 7. The number of piperidine rings is 1. The smallest absolute Gasteiger partial charge is 0.334 e. The van der Waals surface area contributed by atoms with Gasteiger partial charge in [0.15, 0.2) is 11.4 Å². The Kier molecular flexibility index (Phi) is 5.34.